The van der Waals surface area contributed by atoms with E-state index in [0.29, 0.717) is 5.56 Å². The average Bonchev–Trinajstić information content (AvgIpc) is 3.26. The van der Waals surface area contributed by atoms with E-state index in [1.807, 2.05) is 18.2 Å². The Bertz CT molecular complexity index is 1600. The van der Waals surface area contributed by atoms with Crippen LogP contribution in [-0.2, 0) is 6.42 Å². The molecule has 0 saturated carbocycles. The lowest BCUT2D eigenvalue weighted by Gasteiger charge is -2.24. The number of anilines is 1. The van der Waals surface area contributed by atoms with E-state index in [-0.39, 0.29) is 0 Å². The monoisotopic (exact) mass is 496 g/mol. The third kappa shape index (κ3) is 3.08. The summed E-state index contributed by atoms with van der Waals surface area (Å²) in [5, 5.41) is 17.4. The summed E-state index contributed by atoms with van der Waals surface area (Å²) < 4.78 is 1.21. The van der Waals surface area contributed by atoms with Crippen molar-refractivity contribution in [3.63, 3.8) is 0 Å². The number of carboxylic acid groups (broad SMARTS) is 1. The molecule has 0 amide bonds. The number of carbonyl (C=O) groups is 1. The van der Waals surface area contributed by atoms with Crippen LogP contribution >= 0.6 is 15.9 Å². The molecule has 0 spiro atoms. The van der Waals surface area contributed by atoms with Crippen LogP contribution < -0.4 is 5.32 Å². The zero-order chi connectivity index (χ0) is 22.7. The van der Waals surface area contributed by atoms with E-state index in [1.165, 1.54) is 15.7 Å². The molecule has 2 aliphatic rings. The Hall–Kier alpha value is -3.53. The molecule has 3 N–H and O–H groups in total. The van der Waals surface area contributed by atoms with Crippen LogP contribution in [0.3, 0.4) is 0 Å². The number of aromatic nitrogens is 1. The van der Waals surface area contributed by atoms with Crippen LogP contribution in [0.15, 0.2) is 58.9 Å². The normalized spacial score (nSPS) is 14.8. The average molecular weight is 497 g/mol. The highest BCUT2D eigenvalue weighted by molar-refractivity contribution is 9.11. The van der Waals surface area contributed by atoms with Gasteiger partial charge >= 0.3 is 5.97 Å². The maximum Gasteiger partial charge on any atom is 0.335 e. The van der Waals surface area contributed by atoms with Crippen molar-refractivity contribution < 1.29 is 9.90 Å². The fourth-order valence-corrected chi connectivity index (χ4v) is 5.49. The minimum atomic E-state index is -0.915. The molecule has 3 aromatic carbocycles. The molecule has 5 heteroatoms. The molecule has 162 valence electrons. The first-order valence-corrected chi connectivity index (χ1v) is 11.9. The zero-order valence-electron chi connectivity index (χ0n) is 18.1. The second-order valence-electron chi connectivity index (χ2n) is 8.50. The van der Waals surface area contributed by atoms with E-state index in [4.69, 9.17) is 0 Å². The van der Waals surface area contributed by atoms with Gasteiger partial charge in [-0.1, -0.05) is 58.9 Å². The van der Waals surface area contributed by atoms with E-state index >= 15 is 0 Å². The molecule has 0 unspecified atom stereocenters. The lowest BCUT2D eigenvalue weighted by atomic mass is 9.87. The molecule has 1 aromatic heterocycles. The number of rotatable bonds is 3. The van der Waals surface area contributed by atoms with E-state index in [1.54, 1.807) is 12.1 Å². The lowest BCUT2D eigenvalue weighted by Crippen LogP contribution is -2.08. The van der Waals surface area contributed by atoms with Crippen molar-refractivity contribution in [3.05, 3.63) is 86.8 Å². The summed E-state index contributed by atoms with van der Waals surface area (Å²) in [4.78, 5) is 15.1. The van der Waals surface area contributed by atoms with Crippen molar-refractivity contribution in [2.24, 2.45) is 0 Å². The molecule has 2 heterocycles. The number of halogens is 1. The van der Waals surface area contributed by atoms with Gasteiger partial charge in [0.2, 0.25) is 0 Å². The van der Waals surface area contributed by atoms with E-state index in [2.05, 4.69) is 63.3 Å². The van der Waals surface area contributed by atoms with Crippen LogP contribution in [0, 0.1) is 0 Å². The highest BCUT2D eigenvalue weighted by atomic mass is 79.9. The summed E-state index contributed by atoms with van der Waals surface area (Å²) >= 11 is 3.68. The first-order valence-electron chi connectivity index (χ1n) is 11.1. The van der Waals surface area contributed by atoms with Gasteiger partial charge in [0.05, 0.1) is 16.9 Å². The fourth-order valence-electron chi connectivity index (χ4n) is 5.07. The summed E-state index contributed by atoms with van der Waals surface area (Å²) in [7, 11) is 0. The number of hydrogen-bond donors (Lipinski definition) is 3. The van der Waals surface area contributed by atoms with Gasteiger partial charge in [-0.2, -0.15) is 0 Å². The lowest BCUT2D eigenvalue weighted by molar-refractivity contribution is 0.0697. The Labute approximate surface area is 199 Å². The molecule has 33 heavy (non-hydrogen) atoms. The Morgan fingerprint density at radius 1 is 1.09 bits per heavy atom. The molecule has 0 fully saturated rings. The van der Waals surface area contributed by atoms with Gasteiger partial charge in [-0.15, -0.1) is 0 Å². The van der Waals surface area contributed by atoms with Crippen molar-refractivity contribution in [3.8, 4) is 0 Å². The smallest absolute Gasteiger partial charge is 0.335 e. The largest absolute Gasteiger partial charge is 0.478 e. The number of fused-ring (bicyclic) bond motifs is 7. The molecule has 0 atom stereocenters. The molecular formula is C28H21BrN2O2. The third-order valence-electron chi connectivity index (χ3n) is 6.64. The van der Waals surface area contributed by atoms with E-state index in [0.717, 1.165) is 68.9 Å². The predicted molar refractivity (Wildman–Crippen MR) is 139 cm³/mol. The number of hydrogen-bond acceptors (Lipinski definition) is 2. The maximum absolute atomic E-state index is 11.7. The molecule has 1 aliphatic carbocycles. The van der Waals surface area contributed by atoms with E-state index in [9.17, 15) is 9.90 Å². The fraction of sp³-hybridized carbons (Fsp3) is 0.143. The maximum atomic E-state index is 11.7. The number of carboxylic acids is 1. The Morgan fingerprint density at radius 2 is 1.91 bits per heavy atom. The molecule has 4 nitrogen and oxygen atoms in total. The van der Waals surface area contributed by atoms with Gasteiger partial charge in [0.25, 0.3) is 0 Å². The quantitative estimate of drug-likeness (QED) is 0.202. The third-order valence-corrected chi connectivity index (χ3v) is 7.27. The van der Waals surface area contributed by atoms with Crippen molar-refractivity contribution in [2.45, 2.75) is 26.2 Å². The molecule has 0 bridgehead atoms. The van der Waals surface area contributed by atoms with Crippen LogP contribution in [0.4, 0.5) is 5.69 Å². The van der Waals surface area contributed by atoms with Gasteiger partial charge in [-0.3, -0.25) is 0 Å². The number of aromatic amines is 1. The Morgan fingerprint density at radius 3 is 2.70 bits per heavy atom. The zero-order valence-corrected chi connectivity index (χ0v) is 19.6. The van der Waals surface area contributed by atoms with Crippen LogP contribution in [-0.4, -0.2) is 16.1 Å². The standard InChI is InChI=1S/C28H21BrN2O2/c1-2-15-12-25(23-14-30-24-10-8-17(29)13-22(23)24)31-27-20-6-4-3-5-18(20)21-11-16(28(32)33)7-9-19(21)26(15)27/h3-7,9,11,13-14,30-31H,2,8,10H2,1H3,(H,32,33). The van der Waals surface area contributed by atoms with Crippen molar-refractivity contribution in [1.82, 2.24) is 4.98 Å². The van der Waals surface area contributed by atoms with Gasteiger partial charge in [0.1, 0.15) is 0 Å². The first kappa shape index (κ1) is 20.1. The number of nitrogens with one attached hydrogen (secondary N) is 2. The summed E-state index contributed by atoms with van der Waals surface area (Å²) in [5.41, 5.74) is 11.8. The number of benzene rings is 3. The highest BCUT2D eigenvalue weighted by Gasteiger charge is 2.24. The van der Waals surface area contributed by atoms with Crippen molar-refractivity contribution in [1.29, 1.82) is 0 Å². The minimum absolute atomic E-state index is 0.297. The molecule has 0 saturated heterocycles. The summed E-state index contributed by atoms with van der Waals surface area (Å²) in [6, 6.07) is 13.6. The first-order chi connectivity index (χ1) is 16.0. The van der Waals surface area contributed by atoms with Crippen LogP contribution in [0.5, 0.6) is 0 Å². The van der Waals surface area contributed by atoms with Gasteiger partial charge in [-0.05, 0) is 58.1 Å². The van der Waals surface area contributed by atoms with Crippen LogP contribution in [0.25, 0.3) is 38.9 Å². The highest BCUT2D eigenvalue weighted by Crippen LogP contribution is 2.45. The SMILES string of the molecule is CCC1=C=C(c2c[nH]c3c2C=C(Br)CC3)Nc2c1c1ccc(C(=O)O)cc1c1ccccc21. The summed E-state index contributed by atoms with van der Waals surface area (Å²) in [6.07, 6.45) is 7.09. The Balaban J connectivity index is 1.68. The van der Waals surface area contributed by atoms with Crippen LogP contribution in [0.1, 0.15) is 52.5 Å². The van der Waals surface area contributed by atoms with Crippen molar-refractivity contribution in [2.75, 3.05) is 5.32 Å². The molecule has 0 radical (unpaired) electrons. The second kappa shape index (κ2) is 7.51. The topological polar surface area (TPSA) is 65.1 Å². The second-order valence-corrected chi connectivity index (χ2v) is 9.52. The number of allylic oxidation sites excluding steroid dienone is 2. The molecular weight excluding hydrogens is 476 g/mol. The predicted octanol–water partition coefficient (Wildman–Crippen LogP) is 7.56. The summed E-state index contributed by atoms with van der Waals surface area (Å²) in [5.74, 6) is -0.915. The number of aryl methyl sites for hydroxylation is 1. The van der Waals surface area contributed by atoms with E-state index < -0.39 is 5.97 Å². The molecule has 4 aromatic rings. The van der Waals surface area contributed by atoms with Gasteiger partial charge < -0.3 is 15.4 Å². The van der Waals surface area contributed by atoms with Crippen molar-refractivity contribution >= 4 is 66.5 Å². The van der Waals surface area contributed by atoms with Gasteiger partial charge in [0.15, 0.2) is 0 Å². The van der Waals surface area contributed by atoms with Gasteiger partial charge in [-0.25, -0.2) is 4.79 Å². The minimum Gasteiger partial charge on any atom is -0.478 e. The molecule has 1 aliphatic heterocycles. The number of aromatic carboxylic acids is 1. The summed E-state index contributed by atoms with van der Waals surface area (Å²) in [6.45, 7) is 2.14. The van der Waals surface area contributed by atoms with Gasteiger partial charge in [0, 0.05) is 39.5 Å². The molecule has 6 rings (SSSR count). The number of H-pyrrole nitrogens is 1. The Kier molecular flexibility index (Phi) is 4.58. The van der Waals surface area contributed by atoms with Crippen LogP contribution in [0.2, 0.25) is 0 Å².